The molecule has 166 valence electrons. The van der Waals surface area contributed by atoms with Gasteiger partial charge in [0, 0.05) is 23.3 Å². The van der Waals surface area contributed by atoms with E-state index in [0.29, 0.717) is 21.9 Å². The van der Waals surface area contributed by atoms with Crippen molar-refractivity contribution in [1.29, 1.82) is 0 Å². The van der Waals surface area contributed by atoms with E-state index < -0.39 is 23.6 Å². The van der Waals surface area contributed by atoms with Gasteiger partial charge < -0.3 is 15.2 Å². The average Bonchev–Trinajstić information content (AvgIpc) is 2.78. The summed E-state index contributed by atoms with van der Waals surface area (Å²) in [6, 6.07) is 12.7. The molecular formula is C22H20ClN3O6. The second-order valence-corrected chi connectivity index (χ2v) is 7.17. The number of anilines is 1. The molecule has 3 N–H and O–H groups in total. The third-order valence-electron chi connectivity index (χ3n) is 4.63. The largest absolute Gasteiger partial charge is 0.485 e. The first-order valence-electron chi connectivity index (χ1n) is 9.49. The molecule has 0 aliphatic carbocycles. The van der Waals surface area contributed by atoms with Crippen LogP contribution >= 0.6 is 11.6 Å². The highest BCUT2D eigenvalue weighted by Gasteiger charge is 2.20. The first kappa shape index (κ1) is 23.0. The Hall–Kier alpha value is -3.69. The quantitative estimate of drug-likeness (QED) is 0.469. The molecule has 1 aromatic heterocycles. The lowest BCUT2D eigenvalue weighted by Crippen LogP contribution is -2.37. The Morgan fingerprint density at radius 2 is 1.62 bits per heavy atom. The third-order valence-corrected chi connectivity index (χ3v) is 4.88. The molecule has 3 rings (SSSR count). The minimum absolute atomic E-state index is 0.0716. The molecule has 9 nitrogen and oxygen atoms in total. The summed E-state index contributed by atoms with van der Waals surface area (Å²) in [6.07, 6.45) is 0. The highest BCUT2D eigenvalue weighted by atomic mass is 35.5. The van der Waals surface area contributed by atoms with E-state index in [1.54, 1.807) is 36.4 Å². The normalized spacial score (nSPS) is 10.7. The van der Waals surface area contributed by atoms with Gasteiger partial charge in [-0.15, -0.1) is 0 Å². The summed E-state index contributed by atoms with van der Waals surface area (Å²) >= 11 is 5.84. The number of nitrogen functional groups attached to an aromatic ring is 1. The predicted molar refractivity (Wildman–Crippen MR) is 119 cm³/mol. The molecule has 1 heterocycles. The van der Waals surface area contributed by atoms with Crippen molar-refractivity contribution >= 4 is 29.0 Å². The highest BCUT2D eigenvalue weighted by molar-refractivity contribution is 6.30. The number of aromatic nitrogens is 2. The zero-order valence-corrected chi connectivity index (χ0v) is 17.8. The van der Waals surface area contributed by atoms with Crippen LogP contribution in [0.25, 0.3) is 0 Å². The van der Waals surface area contributed by atoms with Gasteiger partial charge in [0.05, 0.1) is 13.2 Å². The van der Waals surface area contributed by atoms with Crippen LogP contribution in [0.2, 0.25) is 5.02 Å². The minimum atomic E-state index is -0.890. The standard InChI is InChI=1S/C22H20ClN3O6/c1-31-11-10-26-20(24)18(21(29)25-22(26)30)17(27)12-32-16-8-4-14(5-9-16)19(28)13-2-6-15(23)7-3-13/h2-9H,10-12,24H2,1H3,(H,25,29,30). The van der Waals surface area contributed by atoms with E-state index in [2.05, 4.69) is 4.98 Å². The molecule has 0 amide bonds. The summed E-state index contributed by atoms with van der Waals surface area (Å²) in [7, 11) is 1.45. The van der Waals surface area contributed by atoms with Crippen molar-refractivity contribution in [2.24, 2.45) is 0 Å². The van der Waals surface area contributed by atoms with Gasteiger partial charge in [0.15, 0.2) is 12.4 Å². The van der Waals surface area contributed by atoms with Gasteiger partial charge in [-0.05, 0) is 48.5 Å². The molecule has 0 atom stereocenters. The van der Waals surface area contributed by atoms with E-state index >= 15 is 0 Å². The number of ketones is 2. The number of rotatable bonds is 9. The average molecular weight is 458 g/mol. The number of H-pyrrole nitrogens is 1. The lowest BCUT2D eigenvalue weighted by molar-refractivity contribution is 0.0919. The number of halogens is 1. The fraction of sp³-hybridized carbons (Fsp3) is 0.182. The van der Waals surface area contributed by atoms with Crippen LogP contribution in [0, 0.1) is 0 Å². The van der Waals surface area contributed by atoms with Crippen molar-refractivity contribution in [3.63, 3.8) is 0 Å². The number of hydrogen-bond donors (Lipinski definition) is 2. The van der Waals surface area contributed by atoms with Crippen LogP contribution in [0.4, 0.5) is 5.82 Å². The maximum atomic E-state index is 12.5. The van der Waals surface area contributed by atoms with Crippen molar-refractivity contribution in [2.75, 3.05) is 26.1 Å². The topological polar surface area (TPSA) is 133 Å². The highest BCUT2D eigenvalue weighted by Crippen LogP contribution is 2.17. The fourth-order valence-corrected chi connectivity index (χ4v) is 3.08. The molecule has 0 bridgehead atoms. The smallest absolute Gasteiger partial charge is 0.330 e. The minimum Gasteiger partial charge on any atom is -0.485 e. The van der Waals surface area contributed by atoms with Crippen molar-refractivity contribution < 1.29 is 19.1 Å². The van der Waals surface area contributed by atoms with Crippen LogP contribution < -0.4 is 21.7 Å². The van der Waals surface area contributed by atoms with Gasteiger partial charge in [-0.25, -0.2) is 4.79 Å². The molecule has 0 aliphatic heterocycles. The van der Waals surface area contributed by atoms with Crippen LogP contribution in [0.3, 0.4) is 0 Å². The molecule has 3 aromatic rings. The first-order valence-corrected chi connectivity index (χ1v) is 9.87. The van der Waals surface area contributed by atoms with E-state index in [4.69, 9.17) is 26.8 Å². The van der Waals surface area contributed by atoms with Gasteiger partial charge in [0.2, 0.25) is 5.78 Å². The summed E-state index contributed by atoms with van der Waals surface area (Å²) in [5.74, 6) is -0.833. The summed E-state index contributed by atoms with van der Waals surface area (Å²) < 4.78 is 11.4. The molecule has 10 heteroatoms. The Kier molecular flexibility index (Phi) is 7.24. The molecule has 0 aliphatic rings. The second-order valence-electron chi connectivity index (χ2n) is 6.74. The van der Waals surface area contributed by atoms with E-state index in [9.17, 15) is 19.2 Å². The number of nitrogens with two attached hydrogens (primary N) is 1. The summed E-state index contributed by atoms with van der Waals surface area (Å²) in [4.78, 5) is 51.2. The maximum absolute atomic E-state index is 12.5. The zero-order chi connectivity index (χ0) is 23.3. The number of aromatic amines is 1. The molecule has 0 spiro atoms. The van der Waals surface area contributed by atoms with Gasteiger partial charge in [0.1, 0.15) is 17.1 Å². The predicted octanol–water partition coefficient (Wildman–Crippen LogP) is 1.91. The Labute approximate surface area is 187 Å². The molecule has 0 saturated heterocycles. The molecule has 0 radical (unpaired) electrons. The van der Waals surface area contributed by atoms with Gasteiger partial charge in [-0.3, -0.25) is 23.9 Å². The molecule has 0 saturated carbocycles. The van der Waals surface area contributed by atoms with Gasteiger partial charge in [-0.2, -0.15) is 0 Å². The summed E-state index contributed by atoms with van der Waals surface area (Å²) in [5, 5.41) is 0.531. The Morgan fingerprint density at radius 3 is 2.22 bits per heavy atom. The molecular weight excluding hydrogens is 438 g/mol. The van der Waals surface area contributed by atoms with Crippen LogP contribution in [0.1, 0.15) is 26.3 Å². The zero-order valence-electron chi connectivity index (χ0n) is 17.1. The molecule has 0 fully saturated rings. The SMILES string of the molecule is COCCn1c(N)c(C(=O)COc2ccc(C(=O)c3ccc(Cl)cc3)cc2)c(=O)[nH]c1=O. The van der Waals surface area contributed by atoms with Crippen LogP contribution in [0.15, 0.2) is 58.1 Å². The van der Waals surface area contributed by atoms with Crippen molar-refractivity contribution in [1.82, 2.24) is 9.55 Å². The van der Waals surface area contributed by atoms with Crippen molar-refractivity contribution in [3.05, 3.63) is 91.1 Å². The van der Waals surface area contributed by atoms with Crippen LogP contribution in [-0.2, 0) is 11.3 Å². The lowest BCUT2D eigenvalue weighted by atomic mass is 10.0. The summed E-state index contributed by atoms with van der Waals surface area (Å²) in [6.45, 7) is -0.246. The van der Waals surface area contributed by atoms with E-state index in [1.165, 1.54) is 19.2 Å². The van der Waals surface area contributed by atoms with E-state index in [-0.39, 0.29) is 30.3 Å². The number of hydrogen-bond acceptors (Lipinski definition) is 7. The van der Waals surface area contributed by atoms with E-state index in [1.807, 2.05) is 0 Å². The Balaban J connectivity index is 1.71. The number of ether oxygens (including phenoxy) is 2. The number of methoxy groups -OCH3 is 1. The lowest BCUT2D eigenvalue weighted by Gasteiger charge is -2.12. The number of benzene rings is 2. The van der Waals surface area contributed by atoms with Gasteiger partial charge in [-0.1, -0.05) is 11.6 Å². The number of carbonyl (C=O) groups is 2. The van der Waals surface area contributed by atoms with Gasteiger partial charge >= 0.3 is 5.69 Å². The Bertz CT molecular complexity index is 1250. The van der Waals surface area contributed by atoms with Crippen molar-refractivity contribution in [3.8, 4) is 5.75 Å². The summed E-state index contributed by atoms with van der Waals surface area (Å²) in [5.41, 5.74) is 4.80. The Morgan fingerprint density at radius 1 is 1.03 bits per heavy atom. The number of carbonyl (C=O) groups excluding carboxylic acids is 2. The number of Topliss-reactive ketones (excluding diaryl/α,β-unsaturated/α-hetero) is 1. The van der Waals surface area contributed by atoms with Gasteiger partial charge in [0.25, 0.3) is 5.56 Å². The molecule has 0 unspecified atom stereocenters. The van der Waals surface area contributed by atoms with Crippen molar-refractivity contribution in [2.45, 2.75) is 6.54 Å². The third kappa shape index (κ3) is 5.13. The van der Waals surface area contributed by atoms with E-state index in [0.717, 1.165) is 4.57 Å². The fourth-order valence-electron chi connectivity index (χ4n) is 2.95. The van der Waals surface area contributed by atoms with Crippen LogP contribution in [0.5, 0.6) is 5.75 Å². The first-order chi connectivity index (χ1) is 15.3. The molecule has 32 heavy (non-hydrogen) atoms. The second kappa shape index (κ2) is 10.1. The number of nitrogens with one attached hydrogen (secondary N) is 1. The maximum Gasteiger partial charge on any atom is 0.330 e. The monoisotopic (exact) mass is 457 g/mol. The molecule has 2 aromatic carbocycles. The number of nitrogens with zero attached hydrogens (tertiary/aromatic N) is 1. The van der Waals surface area contributed by atoms with Crippen LogP contribution in [-0.4, -0.2) is 41.4 Å².